The van der Waals surface area contributed by atoms with Gasteiger partial charge in [-0.15, -0.1) is 0 Å². The van der Waals surface area contributed by atoms with Crippen LogP contribution in [-0.2, 0) is 13.1 Å². The second-order valence-corrected chi connectivity index (χ2v) is 5.14. The molecule has 2 aromatic rings. The highest BCUT2D eigenvalue weighted by atomic mass is 32.1. The van der Waals surface area contributed by atoms with Gasteiger partial charge in [-0.2, -0.15) is 11.3 Å². The van der Waals surface area contributed by atoms with Gasteiger partial charge in [0.1, 0.15) is 0 Å². The summed E-state index contributed by atoms with van der Waals surface area (Å²) in [4.78, 5) is 11.7. The first-order chi connectivity index (χ1) is 9.81. The van der Waals surface area contributed by atoms with E-state index in [2.05, 4.69) is 10.6 Å². The van der Waals surface area contributed by atoms with Gasteiger partial charge in [-0.25, -0.2) is 4.79 Å². The van der Waals surface area contributed by atoms with Crippen LogP contribution in [0.2, 0.25) is 0 Å². The zero-order chi connectivity index (χ0) is 13.8. The topological polar surface area (TPSA) is 59.6 Å². The maximum absolute atomic E-state index is 11.7. The van der Waals surface area contributed by atoms with E-state index in [0.29, 0.717) is 13.1 Å². The SMILES string of the molecule is O=C(NCc1ccsc1)NCc1ccc2c(c1)OCO2. The maximum atomic E-state index is 11.7. The number of thiophene rings is 1. The Morgan fingerprint density at radius 2 is 1.90 bits per heavy atom. The molecule has 0 saturated heterocycles. The zero-order valence-electron chi connectivity index (χ0n) is 10.7. The van der Waals surface area contributed by atoms with Crippen LogP contribution in [0.25, 0.3) is 0 Å². The summed E-state index contributed by atoms with van der Waals surface area (Å²) in [5.41, 5.74) is 2.08. The fourth-order valence-corrected chi connectivity index (χ4v) is 2.54. The summed E-state index contributed by atoms with van der Waals surface area (Å²) in [7, 11) is 0. The number of nitrogens with one attached hydrogen (secondary N) is 2. The number of hydrogen-bond donors (Lipinski definition) is 2. The second-order valence-electron chi connectivity index (χ2n) is 4.36. The molecule has 0 radical (unpaired) electrons. The van der Waals surface area contributed by atoms with Crippen LogP contribution in [0.4, 0.5) is 4.79 Å². The summed E-state index contributed by atoms with van der Waals surface area (Å²) in [6, 6.07) is 7.44. The monoisotopic (exact) mass is 290 g/mol. The number of urea groups is 1. The summed E-state index contributed by atoms with van der Waals surface area (Å²) >= 11 is 1.62. The molecule has 1 aliphatic heterocycles. The summed E-state index contributed by atoms with van der Waals surface area (Å²) in [5, 5.41) is 9.62. The molecule has 20 heavy (non-hydrogen) atoms. The first-order valence-electron chi connectivity index (χ1n) is 6.22. The Hall–Kier alpha value is -2.21. The molecule has 2 heterocycles. The first-order valence-corrected chi connectivity index (χ1v) is 7.17. The Morgan fingerprint density at radius 3 is 2.70 bits per heavy atom. The lowest BCUT2D eigenvalue weighted by Crippen LogP contribution is -2.34. The van der Waals surface area contributed by atoms with Gasteiger partial charge in [0, 0.05) is 13.1 Å². The van der Waals surface area contributed by atoms with Crippen LogP contribution in [-0.4, -0.2) is 12.8 Å². The summed E-state index contributed by atoms with van der Waals surface area (Å²) in [5.74, 6) is 1.47. The van der Waals surface area contributed by atoms with Crippen LogP contribution in [0.1, 0.15) is 11.1 Å². The summed E-state index contributed by atoms with van der Waals surface area (Å²) in [6.45, 7) is 1.25. The number of ether oxygens (including phenoxy) is 2. The molecular weight excluding hydrogens is 276 g/mol. The normalized spacial score (nSPS) is 12.2. The van der Waals surface area contributed by atoms with Gasteiger partial charge in [0.15, 0.2) is 11.5 Å². The van der Waals surface area contributed by atoms with Crippen LogP contribution in [0.15, 0.2) is 35.0 Å². The predicted molar refractivity (Wildman–Crippen MR) is 76.0 cm³/mol. The van der Waals surface area contributed by atoms with Crippen molar-refractivity contribution in [3.8, 4) is 11.5 Å². The molecule has 2 amide bonds. The molecule has 5 nitrogen and oxygen atoms in total. The number of fused-ring (bicyclic) bond motifs is 1. The van der Waals surface area contributed by atoms with Crippen molar-refractivity contribution in [2.45, 2.75) is 13.1 Å². The Kier molecular flexibility index (Phi) is 3.73. The maximum Gasteiger partial charge on any atom is 0.315 e. The van der Waals surface area contributed by atoms with Gasteiger partial charge in [0.05, 0.1) is 0 Å². The molecule has 2 N–H and O–H groups in total. The standard InChI is InChI=1S/C14H14N2O3S/c17-14(16-7-11-3-4-20-8-11)15-6-10-1-2-12-13(5-10)19-9-18-12/h1-5,8H,6-7,9H2,(H2,15,16,17). The van der Waals surface area contributed by atoms with Gasteiger partial charge < -0.3 is 20.1 Å². The molecule has 3 rings (SSSR count). The van der Waals surface area contributed by atoms with Crippen molar-refractivity contribution in [3.63, 3.8) is 0 Å². The van der Waals surface area contributed by atoms with Crippen LogP contribution in [0, 0.1) is 0 Å². The van der Waals surface area contributed by atoms with Gasteiger partial charge in [-0.3, -0.25) is 0 Å². The van der Waals surface area contributed by atoms with Crippen LogP contribution in [0.5, 0.6) is 11.5 Å². The molecule has 0 unspecified atom stereocenters. The van der Waals surface area contributed by atoms with Crippen LogP contribution < -0.4 is 20.1 Å². The summed E-state index contributed by atoms with van der Waals surface area (Å²) in [6.07, 6.45) is 0. The lowest BCUT2D eigenvalue weighted by molar-refractivity contribution is 0.174. The van der Waals surface area contributed by atoms with E-state index in [4.69, 9.17) is 9.47 Å². The van der Waals surface area contributed by atoms with Crippen molar-refractivity contribution >= 4 is 17.4 Å². The molecule has 0 saturated carbocycles. The minimum Gasteiger partial charge on any atom is -0.454 e. The Bertz CT molecular complexity index is 598. The van der Waals surface area contributed by atoms with Crippen molar-refractivity contribution in [3.05, 3.63) is 46.2 Å². The van der Waals surface area contributed by atoms with Crippen molar-refractivity contribution in [1.29, 1.82) is 0 Å². The molecule has 1 aromatic heterocycles. The number of rotatable bonds is 4. The van der Waals surface area contributed by atoms with Gasteiger partial charge in [-0.1, -0.05) is 6.07 Å². The van der Waals surface area contributed by atoms with E-state index >= 15 is 0 Å². The quantitative estimate of drug-likeness (QED) is 0.909. The highest BCUT2D eigenvalue weighted by Gasteiger charge is 2.13. The van der Waals surface area contributed by atoms with Crippen molar-refractivity contribution < 1.29 is 14.3 Å². The van der Waals surface area contributed by atoms with E-state index in [-0.39, 0.29) is 12.8 Å². The molecule has 1 aromatic carbocycles. The molecule has 104 valence electrons. The minimum atomic E-state index is -0.186. The average Bonchev–Trinajstić information content (AvgIpc) is 3.13. The van der Waals surface area contributed by atoms with Crippen LogP contribution >= 0.6 is 11.3 Å². The zero-order valence-corrected chi connectivity index (χ0v) is 11.5. The predicted octanol–water partition coefficient (Wildman–Crippen LogP) is 2.48. The summed E-state index contributed by atoms with van der Waals surface area (Å²) < 4.78 is 10.5. The molecule has 0 atom stereocenters. The molecule has 1 aliphatic rings. The number of hydrogen-bond acceptors (Lipinski definition) is 4. The van der Waals surface area contributed by atoms with Gasteiger partial charge >= 0.3 is 6.03 Å². The Balaban J connectivity index is 1.48. The molecule has 0 aliphatic carbocycles. The van der Waals surface area contributed by atoms with E-state index in [0.717, 1.165) is 22.6 Å². The number of carbonyl (C=O) groups is 1. The van der Waals surface area contributed by atoms with Gasteiger partial charge in [0.2, 0.25) is 6.79 Å². The second kappa shape index (κ2) is 5.83. The third-order valence-electron chi connectivity index (χ3n) is 2.92. The van der Waals surface area contributed by atoms with Crippen LogP contribution in [0.3, 0.4) is 0 Å². The lowest BCUT2D eigenvalue weighted by atomic mass is 10.2. The third kappa shape index (κ3) is 3.03. The van der Waals surface area contributed by atoms with Crippen molar-refractivity contribution in [1.82, 2.24) is 10.6 Å². The van der Waals surface area contributed by atoms with E-state index in [1.165, 1.54) is 0 Å². The molecule has 6 heteroatoms. The Morgan fingerprint density at radius 1 is 1.10 bits per heavy atom. The van der Waals surface area contributed by atoms with Crippen molar-refractivity contribution in [2.75, 3.05) is 6.79 Å². The molecule has 0 spiro atoms. The van der Waals surface area contributed by atoms with E-state index in [9.17, 15) is 4.79 Å². The highest BCUT2D eigenvalue weighted by molar-refractivity contribution is 7.07. The van der Waals surface area contributed by atoms with Crippen molar-refractivity contribution in [2.24, 2.45) is 0 Å². The smallest absolute Gasteiger partial charge is 0.315 e. The largest absolute Gasteiger partial charge is 0.454 e. The number of amides is 2. The molecule has 0 bridgehead atoms. The fraction of sp³-hybridized carbons (Fsp3) is 0.214. The fourth-order valence-electron chi connectivity index (χ4n) is 1.87. The number of carbonyl (C=O) groups excluding carboxylic acids is 1. The highest BCUT2D eigenvalue weighted by Crippen LogP contribution is 2.32. The van der Waals surface area contributed by atoms with Gasteiger partial charge in [0.25, 0.3) is 0 Å². The minimum absolute atomic E-state index is 0.186. The number of benzene rings is 1. The van der Waals surface area contributed by atoms with E-state index < -0.39 is 0 Å². The lowest BCUT2D eigenvalue weighted by Gasteiger charge is -2.07. The third-order valence-corrected chi connectivity index (χ3v) is 3.66. The average molecular weight is 290 g/mol. The Labute approximate surface area is 120 Å². The van der Waals surface area contributed by atoms with E-state index in [1.54, 1.807) is 11.3 Å². The molecule has 0 fully saturated rings. The first kappa shape index (κ1) is 12.8. The van der Waals surface area contributed by atoms with E-state index in [1.807, 2.05) is 35.0 Å². The molecular formula is C14H14N2O3S. The van der Waals surface area contributed by atoms with Gasteiger partial charge in [-0.05, 0) is 40.1 Å².